The summed E-state index contributed by atoms with van der Waals surface area (Å²) in [5.74, 6) is -1.72. The summed E-state index contributed by atoms with van der Waals surface area (Å²) in [5.41, 5.74) is 0.695. The Kier molecular flexibility index (Phi) is 8.71. The Balaban J connectivity index is 1.15. The van der Waals surface area contributed by atoms with Crippen LogP contribution < -0.4 is 14.8 Å². The molecule has 6 rings (SSSR count). The number of hydrogen-bond donors (Lipinski definition) is 6. The Morgan fingerprint density at radius 3 is 2.51 bits per heavy atom. The summed E-state index contributed by atoms with van der Waals surface area (Å²) in [6.07, 6.45) is -6.94. The molecule has 15 nitrogen and oxygen atoms in total. The Morgan fingerprint density at radius 2 is 1.82 bits per heavy atom. The molecular weight excluding hydrogens is 612 g/mol. The third-order valence-corrected chi connectivity index (χ3v) is 9.33. The molecule has 2 saturated heterocycles. The molecule has 3 aromatic rings. The van der Waals surface area contributed by atoms with E-state index < -0.39 is 54.6 Å². The molecule has 3 aliphatic rings. The molecular formula is C29H34N4O11S. The Bertz CT molecular complexity index is 1610. The number of fused-ring (bicyclic) bond motifs is 4. The van der Waals surface area contributed by atoms with Crippen LogP contribution in [0.4, 0.5) is 5.13 Å². The van der Waals surface area contributed by atoms with Crippen LogP contribution in [0.3, 0.4) is 0 Å². The monoisotopic (exact) mass is 646 g/mol. The van der Waals surface area contributed by atoms with Gasteiger partial charge >= 0.3 is 5.97 Å². The highest BCUT2D eigenvalue weighted by Crippen LogP contribution is 2.52. The van der Waals surface area contributed by atoms with Crippen molar-refractivity contribution in [2.24, 2.45) is 0 Å². The van der Waals surface area contributed by atoms with Crippen molar-refractivity contribution in [3.8, 4) is 23.0 Å². The van der Waals surface area contributed by atoms with E-state index in [1.807, 2.05) is 28.0 Å². The fourth-order valence-electron chi connectivity index (χ4n) is 6.04. The summed E-state index contributed by atoms with van der Waals surface area (Å²) < 4.78 is 22.6. The zero-order valence-corrected chi connectivity index (χ0v) is 25.3. The number of piperazine rings is 1. The number of phenols is 2. The number of phenolic OH excluding ortho intramolecular Hbond substituents is 2. The number of nitrogens with one attached hydrogen (secondary N) is 1. The number of carbonyl (C=O) groups is 2. The van der Waals surface area contributed by atoms with Crippen LogP contribution in [0, 0.1) is 0 Å². The number of methoxy groups -OCH3 is 2. The summed E-state index contributed by atoms with van der Waals surface area (Å²) in [5, 5.41) is 56.1. The number of thiazole rings is 1. The molecule has 3 aliphatic heterocycles. The second kappa shape index (κ2) is 12.6. The quantitative estimate of drug-likeness (QED) is 0.181. The highest BCUT2D eigenvalue weighted by Gasteiger charge is 2.53. The van der Waals surface area contributed by atoms with Gasteiger partial charge in [-0.2, -0.15) is 0 Å². The van der Waals surface area contributed by atoms with Crippen molar-refractivity contribution in [1.82, 2.24) is 14.8 Å². The highest BCUT2D eigenvalue weighted by atomic mass is 32.1. The first kappa shape index (κ1) is 31.2. The maximum Gasteiger partial charge on any atom is 0.339 e. The molecule has 2 fully saturated rings. The highest BCUT2D eigenvalue weighted by molar-refractivity contribution is 7.22. The van der Waals surface area contributed by atoms with E-state index in [1.54, 1.807) is 7.11 Å². The molecule has 0 saturated carbocycles. The molecule has 16 heteroatoms. The number of esters is 1. The number of benzene rings is 2. The number of aromatic hydroxyl groups is 2. The molecule has 1 amide bonds. The van der Waals surface area contributed by atoms with Crippen LogP contribution in [0.1, 0.15) is 27.6 Å². The number of rotatable bonds is 8. The van der Waals surface area contributed by atoms with Crippen molar-refractivity contribution in [2.75, 3.05) is 58.9 Å². The smallest absolute Gasteiger partial charge is 0.339 e. The van der Waals surface area contributed by atoms with Gasteiger partial charge in [-0.1, -0.05) is 11.3 Å². The number of anilines is 1. The van der Waals surface area contributed by atoms with Crippen LogP contribution in [0.5, 0.6) is 23.0 Å². The van der Waals surface area contributed by atoms with Gasteiger partial charge in [-0.05, 0) is 18.2 Å². The molecule has 2 unspecified atom stereocenters. The van der Waals surface area contributed by atoms with Crippen LogP contribution in [0.25, 0.3) is 10.2 Å². The summed E-state index contributed by atoms with van der Waals surface area (Å²) >= 11 is 1.36. The minimum Gasteiger partial charge on any atom is -0.504 e. The van der Waals surface area contributed by atoms with Crippen LogP contribution in [0.2, 0.25) is 0 Å². The van der Waals surface area contributed by atoms with Gasteiger partial charge in [0.15, 0.2) is 22.7 Å². The predicted molar refractivity (Wildman–Crippen MR) is 159 cm³/mol. The minimum atomic E-state index is -1.59. The van der Waals surface area contributed by atoms with Gasteiger partial charge in [0, 0.05) is 43.9 Å². The average Bonchev–Trinajstić information content (AvgIpc) is 3.43. The van der Waals surface area contributed by atoms with Crippen molar-refractivity contribution in [3.63, 3.8) is 0 Å². The molecule has 45 heavy (non-hydrogen) atoms. The van der Waals surface area contributed by atoms with E-state index in [-0.39, 0.29) is 41.4 Å². The predicted octanol–water partition coefficient (Wildman–Crippen LogP) is 0.174. The first-order valence-electron chi connectivity index (χ1n) is 14.3. The van der Waals surface area contributed by atoms with Crippen LogP contribution >= 0.6 is 11.3 Å². The molecule has 1 aromatic heterocycles. The van der Waals surface area contributed by atoms with Crippen molar-refractivity contribution < 1.29 is 54.1 Å². The van der Waals surface area contributed by atoms with E-state index in [0.717, 1.165) is 10.2 Å². The largest absolute Gasteiger partial charge is 0.504 e. The molecule has 242 valence electrons. The fourth-order valence-corrected chi connectivity index (χ4v) is 6.95. The normalized spacial score (nSPS) is 25.4. The molecule has 0 spiro atoms. The fraction of sp³-hybridized carbons (Fsp3) is 0.483. The molecule has 0 aliphatic carbocycles. The average molecular weight is 647 g/mol. The van der Waals surface area contributed by atoms with E-state index >= 15 is 0 Å². The van der Waals surface area contributed by atoms with Gasteiger partial charge in [0.2, 0.25) is 11.7 Å². The van der Waals surface area contributed by atoms with Gasteiger partial charge in [0.25, 0.3) is 0 Å². The molecule has 6 N–H and O–H groups in total. The summed E-state index contributed by atoms with van der Waals surface area (Å²) in [6.45, 7) is 1.59. The lowest BCUT2D eigenvalue weighted by atomic mass is 9.84. The second-order valence-electron chi connectivity index (χ2n) is 11.1. The van der Waals surface area contributed by atoms with Crippen molar-refractivity contribution in [3.05, 3.63) is 34.9 Å². The Labute approximate surface area is 261 Å². The third kappa shape index (κ3) is 5.74. The Hall–Kier alpha value is -3.77. The van der Waals surface area contributed by atoms with E-state index in [0.29, 0.717) is 37.1 Å². The van der Waals surface area contributed by atoms with Crippen LogP contribution in [-0.2, 0) is 20.8 Å². The van der Waals surface area contributed by atoms with E-state index in [4.69, 9.17) is 18.9 Å². The van der Waals surface area contributed by atoms with Gasteiger partial charge in [0.05, 0.1) is 43.2 Å². The number of aliphatic hydroxyl groups is 3. The molecule has 2 aromatic carbocycles. The standard InChI is InChI=1S/C29H34N4O11S/c1-41-13-3-4-15-17(9-13)45-29(30-15)31-18(35)11-33-7-5-32(6-8-33)10-14-19-20(23(38)26(42-2)21(14)36)25-27(44-28(19)40)24(39)22(37)16(12-34)43-25/h3-4,9,16,22,24-25,27,34,36-39H,5-8,10-12H2,1-2H3,(H,30,31,35)/t16-,22-,24+,25?,27?/m1/s1. The van der Waals surface area contributed by atoms with Gasteiger partial charge < -0.3 is 49.8 Å². The van der Waals surface area contributed by atoms with Crippen molar-refractivity contribution >= 4 is 38.6 Å². The first-order chi connectivity index (χ1) is 21.6. The number of aromatic nitrogens is 1. The number of hydrogen-bond acceptors (Lipinski definition) is 15. The maximum atomic E-state index is 13.3. The van der Waals surface area contributed by atoms with Crippen LogP contribution in [-0.4, -0.2) is 130 Å². The lowest BCUT2D eigenvalue weighted by Gasteiger charge is -2.45. The lowest BCUT2D eigenvalue weighted by molar-refractivity contribution is -0.235. The summed E-state index contributed by atoms with van der Waals surface area (Å²) in [7, 11) is 2.83. The summed E-state index contributed by atoms with van der Waals surface area (Å²) in [6, 6.07) is 5.50. The van der Waals surface area contributed by atoms with E-state index in [1.165, 1.54) is 18.4 Å². The maximum absolute atomic E-state index is 13.3. The van der Waals surface area contributed by atoms with Crippen LogP contribution in [0.15, 0.2) is 18.2 Å². The number of ether oxygens (including phenoxy) is 4. The van der Waals surface area contributed by atoms with Crippen molar-refractivity contribution in [1.29, 1.82) is 0 Å². The molecule has 0 bridgehead atoms. The topological polar surface area (TPSA) is 204 Å². The van der Waals surface area contributed by atoms with Gasteiger partial charge in [-0.25, -0.2) is 9.78 Å². The van der Waals surface area contributed by atoms with Crippen molar-refractivity contribution in [2.45, 2.75) is 37.1 Å². The first-order valence-corrected chi connectivity index (χ1v) is 15.1. The van der Waals surface area contributed by atoms with Gasteiger partial charge in [0.1, 0.15) is 30.2 Å². The SMILES string of the molecule is COc1ccc2nc(NC(=O)CN3CCN(Cc4c(O)c(OC)c(O)c5c4C(=O)OC4C5O[C@H](CO)[C@@H](O)[C@@H]4O)CC3)sc2c1. The second-order valence-corrected chi connectivity index (χ2v) is 12.1. The summed E-state index contributed by atoms with van der Waals surface area (Å²) in [4.78, 5) is 34.5. The molecule has 5 atom stereocenters. The lowest BCUT2D eigenvalue weighted by Crippen LogP contribution is -2.58. The number of nitrogens with zero attached hydrogens (tertiary/aromatic N) is 3. The number of aliphatic hydroxyl groups excluding tert-OH is 3. The number of amides is 1. The number of carbonyl (C=O) groups excluding carboxylic acids is 2. The van der Waals surface area contributed by atoms with E-state index in [2.05, 4.69) is 10.3 Å². The van der Waals surface area contributed by atoms with E-state index in [9.17, 15) is 35.1 Å². The zero-order chi connectivity index (χ0) is 32.0. The molecule has 4 heterocycles. The third-order valence-electron chi connectivity index (χ3n) is 8.40. The Morgan fingerprint density at radius 1 is 1.09 bits per heavy atom. The minimum absolute atomic E-state index is 0.0612. The van der Waals surface area contributed by atoms with Gasteiger partial charge in [-0.15, -0.1) is 0 Å². The zero-order valence-electron chi connectivity index (χ0n) is 24.5. The van der Waals surface area contributed by atoms with Gasteiger partial charge in [-0.3, -0.25) is 14.6 Å². The molecule has 0 radical (unpaired) electrons.